The fourth-order valence-corrected chi connectivity index (χ4v) is 21.4. The van der Waals surface area contributed by atoms with Crippen LogP contribution in [0.15, 0.2) is 452 Å². The number of fused-ring (bicyclic) bond motifs is 20. The third kappa shape index (κ3) is 20.0. The zero-order chi connectivity index (χ0) is 99.8. The molecule has 145 heavy (non-hydrogen) atoms. The average Bonchev–Trinajstić information content (AvgIpc) is 1.51. The van der Waals surface area contributed by atoms with Gasteiger partial charge in [-0.15, -0.1) is 0 Å². The van der Waals surface area contributed by atoms with E-state index in [4.69, 9.17) is 86.7 Å². The maximum atomic E-state index is 9.85. The standard InChI is InChI=1S/C46H28ClN3.C25H17BO2.C21H13BrClN3.C15H10ClN3.C7H6BNO2.C6H5BBrClO2/c47-34-26-32(25-33(27-34)45-49-43(29-13-3-1-4-14-29)48-44(50-45)30-15-5-2-6-16-30)31-23-24-38-37-19-9-12-22-41(37)46(42(38)28-31)39-20-10-7-17-35(39)36-18-8-11-21-40(36)46;27-26(28)16-13-14-20-19-9-3-6-12-23(19)25(24(20)15-16)21-10-4-1-7-17(21)18-8-2-5-11-22(18)25;22-17-11-16(12-18(23)13-17)21-25-19(14-7-3-1-4-8-14)24-20(26-21)15-9-5-2-6-10-15;16-15-18-13(11-7-3-1-4-8-11)17-14(19-15)12-9-5-2-6-10-12;9-5-6-1-3-7(4-2-6)8(10)11;8-5-1-4(7(10)11)2-6(9)3-5/h1-28H;1-15,27-28H;1-13H;1-10H;1-4,10-11H;1-3,10-11H. The van der Waals surface area contributed by atoms with Gasteiger partial charge in [0.05, 0.1) is 22.5 Å². The van der Waals surface area contributed by atoms with Gasteiger partial charge in [0, 0.05) is 68.5 Å². The van der Waals surface area contributed by atoms with Crippen molar-refractivity contribution in [1.29, 1.82) is 5.26 Å². The van der Waals surface area contributed by atoms with Gasteiger partial charge < -0.3 is 30.1 Å². The smallest absolute Gasteiger partial charge is 0.423 e. The SMILES string of the molecule is Clc1cc(-c2ccc3c(c2)C2(c4ccccc4-c4ccccc42)c2ccccc2-3)cc(-c2nc(-c3ccccc3)nc(-c3ccccc3)n2)c1.Clc1cc(Br)cc(-c2nc(-c3ccccc3)nc(-c3ccccc3)n2)c1.Clc1nc(-c2ccccc2)nc(-c2ccccc2)n1.N#Cc1ccc(B(O)O)cc1.OB(O)c1cc(Cl)cc(Br)c1.OB(O)c1ccc2c(c1)C1(c3ccccc3-c3ccccc31)c1ccccc1-2. The summed E-state index contributed by atoms with van der Waals surface area (Å²) in [5.74, 6) is 4.82. The molecule has 0 saturated carbocycles. The van der Waals surface area contributed by atoms with Crippen LogP contribution < -0.4 is 16.4 Å². The van der Waals surface area contributed by atoms with E-state index in [0.29, 0.717) is 83.6 Å². The zero-order valence-corrected chi connectivity index (χ0v) is 83.0. The van der Waals surface area contributed by atoms with Gasteiger partial charge in [-0.3, -0.25) is 0 Å². The van der Waals surface area contributed by atoms with Crippen molar-refractivity contribution in [2.24, 2.45) is 0 Å². The lowest BCUT2D eigenvalue weighted by Crippen LogP contribution is -2.32. The topological polar surface area (TPSA) is 261 Å². The summed E-state index contributed by atoms with van der Waals surface area (Å²) >= 11 is 31.4. The largest absolute Gasteiger partial charge is 0.488 e. The molecule has 6 N–H and O–H groups in total. The van der Waals surface area contributed by atoms with Gasteiger partial charge in [-0.1, -0.05) is 437 Å². The second kappa shape index (κ2) is 43.0. The highest BCUT2D eigenvalue weighted by Gasteiger charge is 2.53. The van der Waals surface area contributed by atoms with Crippen LogP contribution in [0.3, 0.4) is 0 Å². The van der Waals surface area contributed by atoms with Crippen LogP contribution in [0.1, 0.15) is 50.1 Å². The van der Waals surface area contributed by atoms with Crippen LogP contribution in [0.4, 0.5) is 0 Å². The van der Waals surface area contributed by atoms with E-state index in [1.165, 1.54) is 108 Å². The van der Waals surface area contributed by atoms with Gasteiger partial charge in [-0.2, -0.15) is 15.2 Å². The number of aromatic nitrogens is 9. The molecule has 4 aliphatic rings. The number of hydrogen-bond acceptors (Lipinski definition) is 16. The van der Waals surface area contributed by atoms with Gasteiger partial charge in [-0.05, 0) is 201 Å². The van der Waals surface area contributed by atoms with E-state index in [2.05, 4.69) is 232 Å². The van der Waals surface area contributed by atoms with Crippen molar-refractivity contribution >= 4 is 116 Å². The molecule has 25 rings (SSSR count). The lowest BCUT2D eigenvalue weighted by Gasteiger charge is -2.30. The number of halogens is 6. The Balaban J connectivity index is 0.000000115. The van der Waals surface area contributed by atoms with E-state index in [9.17, 15) is 10.0 Å². The minimum absolute atomic E-state index is 0.202. The summed E-state index contributed by atoms with van der Waals surface area (Å²) in [4.78, 5) is 41.7. The quantitative estimate of drug-likeness (QED) is 0.0621. The van der Waals surface area contributed by atoms with E-state index in [1.54, 1.807) is 12.1 Å². The molecule has 3 aromatic heterocycles. The van der Waals surface area contributed by atoms with Crippen molar-refractivity contribution in [2.45, 2.75) is 10.8 Å². The first kappa shape index (κ1) is 97.0. The van der Waals surface area contributed by atoms with Crippen molar-refractivity contribution < 1.29 is 30.1 Å². The number of nitrogens with zero attached hydrogens (tertiary/aromatic N) is 10. The van der Waals surface area contributed by atoms with E-state index in [1.807, 2.05) is 237 Å². The van der Waals surface area contributed by atoms with Crippen LogP contribution in [0.25, 0.3) is 147 Å². The molecule has 0 radical (unpaired) electrons. The Morgan fingerprint density at radius 2 is 0.462 bits per heavy atom. The van der Waals surface area contributed by atoms with Gasteiger partial charge in [-0.25, -0.2) is 34.9 Å². The molecule has 0 atom stereocenters. The zero-order valence-electron chi connectivity index (χ0n) is 76.8. The molecule has 0 aliphatic heterocycles. The Morgan fingerprint density at radius 3 is 0.779 bits per heavy atom. The van der Waals surface area contributed by atoms with Crippen molar-refractivity contribution in [3.8, 4) is 153 Å². The molecular formula is C120H79B3Br2Cl4N10O6. The van der Waals surface area contributed by atoms with Crippen molar-refractivity contribution in [2.75, 3.05) is 0 Å². The van der Waals surface area contributed by atoms with Crippen LogP contribution in [-0.4, -0.2) is 96.4 Å². The highest BCUT2D eigenvalue weighted by Crippen LogP contribution is 2.65. The van der Waals surface area contributed by atoms with Gasteiger partial charge in [0.1, 0.15) is 0 Å². The number of rotatable bonds is 12. The molecule has 0 unspecified atom stereocenters. The van der Waals surface area contributed by atoms with Crippen LogP contribution in [-0.2, 0) is 10.8 Å². The van der Waals surface area contributed by atoms with Gasteiger partial charge in [0.25, 0.3) is 0 Å². The fraction of sp³-hybridized carbons (Fsp3) is 0.0167. The maximum Gasteiger partial charge on any atom is 0.488 e. The van der Waals surface area contributed by atoms with Crippen LogP contribution in [0.2, 0.25) is 20.4 Å². The molecule has 3 heterocycles. The Kier molecular flexibility index (Phi) is 28.8. The first-order chi connectivity index (χ1) is 70.7. The summed E-state index contributed by atoms with van der Waals surface area (Å²) in [6.07, 6.45) is 0. The second-order valence-corrected chi connectivity index (χ2v) is 37.8. The maximum absolute atomic E-state index is 9.85. The predicted molar refractivity (Wildman–Crippen MR) is 590 cm³/mol. The molecule has 4 aliphatic carbocycles. The normalized spacial score (nSPS) is 12.0. The van der Waals surface area contributed by atoms with Gasteiger partial charge >= 0.3 is 21.4 Å². The fourth-order valence-electron chi connectivity index (χ4n) is 19.2. The summed E-state index contributed by atoms with van der Waals surface area (Å²) in [6.45, 7) is 0. The number of nitriles is 1. The molecule has 2 spiro atoms. The molecule has 696 valence electrons. The lowest BCUT2D eigenvalue weighted by atomic mass is 9.68. The molecule has 0 amide bonds. The Bertz CT molecular complexity index is 8100. The highest BCUT2D eigenvalue weighted by molar-refractivity contribution is 9.10. The summed E-state index contributed by atoms with van der Waals surface area (Å²) < 4.78 is 1.61. The summed E-state index contributed by atoms with van der Waals surface area (Å²) in [5, 5.41) is 64.8. The second-order valence-electron chi connectivity index (χ2n) is 34.3. The first-order valence-corrected chi connectivity index (χ1v) is 49.3. The average molecular weight is 2090 g/mol. The molecule has 0 saturated heterocycles. The highest BCUT2D eigenvalue weighted by atomic mass is 79.9. The first-order valence-electron chi connectivity index (χ1n) is 46.2. The number of hydrogen-bond donors (Lipinski definition) is 6. The minimum Gasteiger partial charge on any atom is -0.423 e. The lowest BCUT2D eigenvalue weighted by molar-refractivity contribution is 0.424. The minimum atomic E-state index is -1.49. The van der Waals surface area contributed by atoms with E-state index in [0.717, 1.165) is 75.7 Å². The monoisotopic (exact) mass is 2090 g/mol. The van der Waals surface area contributed by atoms with Crippen LogP contribution in [0.5, 0.6) is 0 Å². The molecule has 16 nitrogen and oxygen atoms in total. The van der Waals surface area contributed by atoms with E-state index >= 15 is 0 Å². The van der Waals surface area contributed by atoms with Gasteiger partial charge in [0.2, 0.25) is 5.28 Å². The Morgan fingerprint density at radius 1 is 0.207 bits per heavy atom. The third-order valence-corrected chi connectivity index (χ3v) is 27.3. The van der Waals surface area contributed by atoms with E-state index < -0.39 is 32.2 Å². The van der Waals surface area contributed by atoms with Crippen LogP contribution in [0, 0.1) is 11.3 Å². The Labute approximate surface area is 874 Å². The number of benzene rings is 18. The summed E-state index contributed by atoms with van der Waals surface area (Å²) in [5.41, 5.74) is 30.4. The van der Waals surface area contributed by atoms with Crippen molar-refractivity contribution in [1.82, 2.24) is 44.9 Å². The van der Waals surface area contributed by atoms with E-state index in [-0.39, 0.29) is 5.28 Å². The molecule has 21 aromatic rings. The third-order valence-electron chi connectivity index (χ3n) is 25.5. The summed E-state index contributed by atoms with van der Waals surface area (Å²) in [6, 6.07) is 149. The Hall–Kier alpha value is -15.4. The molecule has 0 fully saturated rings. The van der Waals surface area contributed by atoms with Crippen molar-refractivity contribution in [3.63, 3.8) is 0 Å². The van der Waals surface area contributed by atoms with Gasteiger partial charge in [0.15, 0.2) is 46.6 Å². The molecule has 18 aromatic carbocycles. The molecule has 25 heteroatoms. The van der Waals surface area contributed by atoms with Crippen LogP contribution >= 0.6 is 78.3 Å². The predicted octanol–water partition coefficient (Wildman–Crippen LogP) is 25.4. The summed E-state index contributed by atoms with van der Waals surface area (Å²) in [7, 11) is -4.41. The van der Waals surface area contributed by atoms with Crippen molar-refractivity contribution in [3.05, 3.63) is 522 Å². The molecule has 0 bridgehead atoms. The molecular weight excluding hydrogens is 2010 g/mol.